The molecule has 0 bridgehead atoms. The molecule has 1 heterocycles. The van der Waals surface area contributed by atoms with E-state index in [1.807, 2.05) is 18.2 Å². The van der Waals surface area contributed by atoms with E-state index in [1.165, 1.54) is 0 Å². The summed E-state index contributed by atoms with van der Waals surface area (Å²) in [4.78, 5) is 24.8. The first-order valence-corrected chi connectivity index (χ1v) is 5.78. The number of nitrogens with one attached hydrogen (secondary N) is 1. The number of nitrogens with zero attached hydrogens (tertiary/aromatic N) is 1. The maximum atomic E-state index is 11.7. The Morgan fingerprint density at radius 3 is 2.82 bits per heavy atom. The number of amides is 2. The second-order valence-corrected chi connectivity index (χ2v) is 4.41. The molecule has 2 rings (SSSR count). The van der Waals surface area contributed by atoms with Crippen molar-refractivity contribution < 1.29 is 9.59 Å². The van der Waals surface area contributed by atoms with E-state index in [-0.39, 0.29) is 18.4 Å². The van der Waals surface area contributed by atoms with Crippen molar-refractivity contribution in [2.75, 3.05) is 6.54 Å². The Morgan fingerprint density at radius 1 is 1.41 bits per heavy atom. The Kier molecular flexibility index (Phi) is 3.33. The minimum Gasteiger partial charge on any atom is -0.345 e. The maximum absolute atomic E-state index is 11.7. The van der Waals surface area contributed by atoms with E-state index in [4.69, 9.17) is 11.6 Å². The number of carbonyl (C=O) groups excluding carboxylic acids is 2. The zero-order valence-corrected chi connectivity index (χ0v) is 10.2. The Labute approximate surface area is 105 Å². The predicted molar refractivity (Wildman–Crippen MR) is 64.5 cm³/mol. The van der Waals surface area contributed by atoms with Crippen molar-refractivity contribution in [2.45, 2.75) is 19.5 Å². The summed E-state index contributed by atoms with van der Waals surface area (Å²) < 4.78 is 0. The molecule has 1 aliphatic heterocycles. The summed E-state index contributed by atoms with van der Waals surface area (Å²) in [6, 6.07) is 6.87. The van der Waals surface area contributed by atoms with Crippen LogP contribution >= 0.6 is 11.6 Å². The summed E-state index contributed by atoms with van der Waals surface area (Å²) in [5, 5.41) is 3.16. The van der Waals surface area contributed by atoms with Crippen molar-refractivity contribution in [1.82, 2.24) is 10.2 Å². The Hall–Kier alpha value is -1.55. The molecule has 0 aliphatic carbocycles. The molecule has 1 atom stereocenters. The zero-order valence-electron chi connectivity index (χ0n) is 9.44. The lowest BCUT2D eigenvalue weighted by molar-refractivity contribution is -0.145. The lowest BCUT2D eigenvalue weighted by Gasteiger charge is -2.32. The minimum atomic E-state index is -0.451. The number of rotatable bonds is 2. The molecule has 0 radical (unpaired) electrons. The first kappa shape index (κ1) is 11.9. The van der Waals surface area contributed by atoms with Crippen LogP contribution in [0.5, 0.6) is 0 Å². The highest BCUT2D eigenvalue weighted by Gasteiger charge is 2.30. The number of carbonyl (C=O) groups is 2. The molecule has 4 nitrogen and oxygen atoms in total. The van der Waals surface area contributed by atoms with Gasteiger partial charge < -0.3 is 10.2 Å². The molecule has 1 saturated heterocycles. The first-order valence-electron chi connectivity index (χ1n) is 5.40. The topological polar surface area (TPSA) is 49.4 Å². The van der Waals surface area contributed by atoms with E-state index in [1.54, 1.807) is 17.9 Å². The van der Waals surface area contributed by atoms with Gasteiger partial charge in [0.05, 0.1) is 6.54 Å². The van der Waals surface area contributed by atoms with Crippen LogP contribution in [0.1, 0.15) is 12.5 Å². The van der Waals surface area contributed by atoms with E-state index in [2.05, 4.69) is 5.32 Å². The van der Waals surface area contributed by atoms with Crippen LogP contribution < -0.4 is 5.32 Å². The molecule has 2 amide bonds. The highest BCUT2D eigenvalue weighted by molar-refractivity contribution is 6.31. The summed E-state index contributed by atoms with van der Waals surface area (Å²) in [6.07, 6.45) is 0. The Bertz CT molecular complexity index is 462. The molecule has 1 aromatic carbocycles. The molecule has 17 heavy (non-hydrogen) atoms. The van der Waals surface area contributed by atoms with Gasteiger partial charge in [-0.3, -0.25) is 9.59 Å². The maximum Gasteiger partial charge on any atom is 0.242 e. The molecule has 5 heteroatoms. The van der Waals surface area contributed by atoms with Crippen LogP contribution in [0, 0.1) is 0 Å². The van der Waals surface area contributed by atoms with Crippen molar-refractivity contribution in [2.24, 2.45) is 0 Å². The van der Waals surface area contributed by atoms with Crippen LogP contribution in [0.2, 0.25) is 5.02 Å². The van der Waals surface area contributed by atoms with Gasteiger partial charge in [0.15, 0.2) is 0 Å². The third-order valence-corrected chi connectivity index (χ3v) is 3.25. The van der Waals surface area contributed by atoms with E-state index in [0.717, 1.165) is 5.56 Å². The third kappa shape index (κ3) is 2.42. The van der Waals surface area contributed by atoms with Crippen LogP contribution in [0.4, 0.5) is 0 Å². The van der Waals surface area contributed by atoms with Gasteiger partial charge in [0.1, 0.15) is 6.04 Å². The highest BCUT2D eigenvalue weighted by atomic mass is 35.5. The molecule has 1 fully saturated rings. The summed E-state index contributed by atoms with van der Waals surface area (Å²) in [6.45, 7) is 2.14. The fourth-order valence-electron chi connectivity index (χ4n) is 1.80. The van der Waals surface area contributed by atoms with Gasteiger partial charge in [0.2, 0.25) is 11.8 Å². The van der Waals surface area contributed by atoms with Crippen molar-refractivity contribution in [3.05, 3.63) is 34.9 Å². The van der Waals surface area contributed by atoms with Crippen molar-refractivity contribution >= 4 is 23.4 Å². The SMILES string of the molecule is CC1C(=O)NCC(=O)N1Cc1ccccc1Cl. The average Bonchev–Trinajstić information content (AvgIpc) is 2.32. The lowest BCUT2D eigenvalue weighted by atomic mass is 10.1. The van der Waals surface area contributed by atoms with Gasteiger partial charge in [-0.1, -0.05) is 29.8 Å². The molecule has 0 aromatic heterocycles. The Balaban J connectivity index is 2.19. The molecule has 1 unspecified atom stereocenters. The molecule has 1 N–H and O–H groups in total. The number of halogens is 1. The van der Waals surface area contributed by atoms with E-state index in [0.29, 0.717) is 11.6 Å². The van der Waals surface area contributed by atoms with Gasteiger partial charge in [0, 0.05) is 11.6 Å². The van der Waals surface area contributed by atoms with Crippen molar-refractivity contribution in [3.63, 3.8) is 0 Å². The number of benzene rings is 1. The normalized spacial score (nSPS) is 20.4. The van der Waals surface area contributed by atoms with Crippen LogP contribution in [-0.2, 0) is 16.1 Å². The lowest BCUT2D eigenvalue weighted by Crippen LogP contribution is -2.56. The van der Waals surface area contributed by atoms with Crippen LogP contribution in [-0.4, -0.2) is 29.3 Å². The first-order chi connectivity index (χ1) is 8.09. The molecule has 0 saturated carbocycles. The summed E-state index contributed by atoms with van der Waals surface area (Å²) >= 11 is 6.04. The average molecular weight is 253 g/mol. The smallest absolute Gasteiger partial charge is 0.242 e. The zero-order chi connectivity index (χ0) is 12.4. The van der Waals surface area contributed by atoms with Crippen LogP contribution in [0.25, 0.3) is 0 Å². The fraction of sp³-hybridized carbons (Fsp3) is 0.333. The largest absolute Gasteiger partial charge is 0.345 e. The second kappa shape index (κ2) is 4.75. The van der Waals surface area contributed by atoms with E-state index >= 15 is 0 Å². The van der Waals surface area contributed by atoms with Crippen LogP contribution in [0.15, 0.2) is 24.3 Å². The van der Waals surface area contributed by atoms with Crippen molar-refractivity contribution in [3.8, 4) is 0 Å². The van der Waals surface area contributed by atoms with E-state index < -0.39 is 6.04 Å². The monoisotopic (exact) mass is 252 g/mol. The third-order valence-electron chi connectivity index (χ3n) is 2.88. The number of piperazine rings is 1. The Morgan fingerprint density at radius 2 is 2.12 bits per heavy atom. The van der Waals surface area contributed by atoms with Gasteiger partial charge in [-0.25, -0.2) is 0 Å². The molecule has 90 valence electrons. The standard InChI is InChI=1S/C12H13ClN2O2/c1-8-12(17)14-6-11(16)15(8)7-9-4-2-3-5-10(9)13/h2-5,8H,6-7H2,1H3,(H,14,17). The predicted octanol–water partition coefficient (Wildman–Crippen LogP) is 1.19. The number of hydrogen-bond acceptors (Lipinski definition) is 2. The molecule has 1 aromatic rings. The van der Waals surface area contributed by atoms with Gasteiger partial charge in [-0.2, -0.15) is 0 Å². The van der Waals surface area contributed by atoms with E-state index in [9.17, 15) is 9.59 Å². The molecule has 0 spiro atoms. The van der Waals surface area contributed by atoms with Gasteiger partial charge in [-0.05, 0) is 18.6 Å². The van der Waals surface area contributed by atoms with Crippen LogP contribution in [0.3, 0.4) is 0 Å². The minimum absolute atomic E-state index is 0.0631. The van der Waals surface area contributed by atoms with Gasteiger partial charge in [0.25, 0.3) is 0 Å². The molecular formula is C12H13ClN2O2. The van der Waals surface area contributed by atoms with Gasteiger partial charge >= 0.3 is 0 Å². The summed E-state index contributed by atoms with van der Waals surface area (Å²) in [5.74, 6) is -0.214. The molecular weight excluding hydrogens is 240 g/mol. The summed E-state index contributed by atoms with van der Waals surface area (Å²) in [5.41, 5.74) is 0.851. The summed E-state index contributed by atoms with van der Waals surface area (Å²) in [7, 11) is 0. The molecule has 1 aliphatic rings. The van der Waals surface area contributed by atoms with Gasteiger partial charge in [-0.15, -0.1) is 0 Å². The highest BCUT2D eigenvalue weighted by Crippen LogP contribution is 2.19. The second-order valence-electron chi connectivity index (χ2n) is 4.01. The fourth-order valence-corrected chi connectivity index (χ4v) is 2.00. The quantitative estimate of drug-likeness (QED) is 0.860. The van der Waals surface area contributed by atoms with Crippen molar-refractivity contribution in [1.29, 1.82) is 0 Å². The number of hydrogen-bond donors (Lipinski definition) is 1.